The highest BCUT2D eigenvalue weighted by Crippen LogP contribution is 1.90. The lowest BCUT2D eigenvalue weighted by molar-refractivity contribution is 0.796. The molecule has 2 unspecified atom stereocenters. The van der Waals surface area contributed by atoms with E-state index in [1.54, 1.807) is 13.1 Å². The summed E-state index contributed by atoms with van der Waals surface area (Å²) >= 11 is 3.16. The van der Waals surface area contributed by atoms with Crippen molar-refractivity contribution in [1.82, 2.24) is 0 Å². The summed E-state index contributed by atoms with van der Waals surface area (Å²) in [5, 5.41) is 6.75. The first-order chi connectivity index (χ1) is 4.16. The van der Waals surface area contributed by atoms with Gasteiger partial charge in [-0.05, 0) is 6.92 Å². The van der Waals surface area contributed by atoms with Gasteiger partial charge in [-0.2, -0.15) is 0 Å². The third kappa shape index (κ3) is 5.65. The molecule has 0 saturated carbocycles. The van der Waals surface area contributed by atoms with Crippen LogP contribution in [0.3, 0.4) is 0 Å². The molecule has 0 rings (SSSR count). The van der Waals surface area contributed by atoms with Crippen molar-refractivity contribution in [3.05, 3.63) is 0 Å². The molecule has 0 amide bonds. The Morgan fingerprint density at radius 2 is 2.33 bits per heavy atom. The molecule has 3 nitrogen and oxygen atoms in total. The van der Waals surface area contributed by atoms with Gasteiger partial charge >= 0.3 is 0 Å². The molecular weight excluding hydrogens is 182 g/mol. The van der Waals surface area contributed by atoms with Crippen LogP contribution in [0.2, 0.25) is 0 Å². The second-order valence-electron chi connectivity index (χ2n) is 1.65. The molecule has 0 aliphatic rings. The van der Waals surface area contributed by atoms with Crippen molar-refractivity contribution in [3.8, 4) is 0 Å². The number of rotatable bonds is 3. The Morgan fingerprint density at radius 3 is 2.67 bits per heavy atom. The van der Waals surface area contributed by atoms with Crippen LogP contribution in [-0.4, -0.2) is 23.4 Å². The lowest BCUT2D eigenvalue weighted by Gasteiger charge is -1.95. The van der Waals surface area contributed by atoms with Crippen LogP contribution in [-0.2, 0) is 0 Å². The maximum Gasteiger partial charge on any atom is 0.0937 e. The largest absolute Gasteiger partial charge is 0.312 e. The van der Waals surface area contributed by atoms with E-state index in [9.17, 15) is 0 Å². The van der Waals surface area contributed by atoms with Gasteiger partial charge in [0.2, 0.25) is 0 Å². The Bertz CT molecular complexity index is 111. The average Bonchev–Trinajstić information content (AvgIpc) is 1.83. The summed E-state index contributed by atoms with van der Waals surface area (Å²) in [6.07, 6.45) is 2.66. The molecular formula is C5H10BrN3. The minimum absolute atomic E-state index is 0.0801. The fourth-order valence-corrected chi connectivity index (χ4v) is 0.398. The van der Waals surface area contributed by atoms with Gasteiger partial charge in [0, 0.05) is 12.4 Å². The summed E-state index contributed by atoms with van der Waals surface area (Å²) in [4.78, 5) is 3.77. The second kappa shape index (κ2) is 4.64. The first kappa shape index (κ1) is 8.78. The van der Waals surface area contributed by atoms with Gasteiger partial charge in [-0.1, -0.05) is 15.9 Å². The molecule has 0 saturated heterocycles. The Kier molecular flexibility index (Phi) is 4.53. The van der Waals surface area contributed by atoms with Crippen molar-refractivity contribution in [2.45, 2.75) is 17.9 Å². The zero-order valence-corrected chi connectivity index (χ0v) is 6.80. The molecule has 0 radical (unpaired) electrons. The summed E-state index contributed by atoms with van der Waals surface area (Å²) in [5.74, 6) is 0. The first-order valence-electron chi connectivity index (χ1n) is 2.60. The van der Waals surface area contributed by atoms with Crippen molar-refractivity contribution in [2.24, 2.45) is 10.7 Å². The molecule has 0 aliphatic carbocycles. The van der Waals surface area contributed by atoms with E-state index in [0.717, 1.165) is 0 Å². The Labute approximate surface area is 63.0 Å². The number of hydrogen-bond acceptors (Lipinski definition) is 3. The van der Waals surface area contributed by atoms with Crippen LogP contribution >= 0.6 is 15.9 Å². The predicted octanol–water partition coefficient (Wildman–Crippen LogP) is 0.775. The Morgan fingerprint density at radius 1 is 1.78 bits per heavy atom. The van der Waals surface area contributed by atoms with Gasteiger partial charge in [0.05, 0.1) is 11.0 Å². The lowest BCUT2D eigenvalue weighted by atomic mass is 10.5. The highest BCUT2D eigenvalue weighted by atomic mass is 79.9. The number of hydrogen-bond donors (Lipinski definition) is 2. The third-order valence-corrected chi connectivity index (χ3v) is 1.12. The first-order valence-corrected chi connectivity index (χ1v) is 3.52. The van der Waals surface area contributed by atoms with Gasteiger partial charge in [0.1, 0.15) is 0 Å². The standard InChI is InChI=1S/C5H10BrN3/c1-4(8)9-3-5(6)2-7/h2-5,7H,8H2,1H3. The van der Waals surface area contributed by atoms with Gasteiger partial charge in [-0.25, -0.2) is 0 Å². The molecule has 0 aromatic rings. The highest BCUT2D eigenvalue weighted by molar-refractivity contribution is 9.10. The molecule has 0 bridgehead atoms. The van der Waals surface area contributed by atoms with Crippen molar-refractivity contribution in [3.63, 3.8) is 0 Å². The highest BCUT2D eigenvalue weighted by Gasteiger charge is 1.91. The van der Waals surface area contributed by atoms with Crippen LogP contribution in [0.1, 0.15) is 6.92 Å². The second-order valence-corrected chi connectivity index (χ2v) is 2.71. The molecule has 4 heteroatoms. The minimum atomic E-state index is -0.176. The molecule has 3 N–H and O–H groups in total. The van der Waals surface area contributed by atoms with E-state index < -0.39 is 0 Å². The van der Waals surface area contributed by atoms with Gasteiger partial charge < -0.3 is 11.1 Å². The molecule has 0 aromatic carbocycles. The molecule has 0 heterocycles. The minimum Gasteiger partial charge on any atom is -0.312 e. The van der Waals surface area contributed by atoms with E-state index in [1.807, 2.05) is 0 Å². The average molecular weight is 192 g/mol. The smallest absolute Gasteiger partial charge is 0.0937 e. The lowest BCUT2D eigenvalue weighted by Crippen LogP contribution is -2.13. The molecule has 0 fully saturated rings. The van der Waals surface area contributed by atoms with Crippen LogP contribution in [0, 0.1) is 5.41 Å². The number of aliphatic imine (C=N–C) groups is 1. The van der Waals surface area contributed by atoms with Crippen LogP contribution in [0.25, 0.3) is 0 Å². The molecule has 0 aliphatic heterocycles. The van der Waals surface area contributed by atoms with Gasteiger partial charge in [0.25, 0.3) is 0 Å². The van der Waals surface area contributed by atoms with Crippen molar-refractivity contribution in [1.29, 1.82) is 5.41 Å². The SMILES string of the molecule is CC(N)N=CC(Br)C=N. The Balaban J connectivity index is 3.56. The zero-order valence-electron chi connectivity index (χ0n) is 5.21. The summed E-state index contributed by atoms with van der Waals surface area (Å²) in [5.41, 5.74) is 5.30. The maximum atomic E-state index is 6.75. The van der Waals surface area contributed by atoms with E-state index in [0.29, 0.717) is 0 Å². The fourth-order valence-electron chi connectivity index (χ4n) is 0.261. The maximum absolute atomic E-state index is 6.75. The quantitative estimate of drug-likeness (QED) is 0.503. The topological polar surface area (TPSA) is 62.2 Å². The van der Waals surface area contributed by atoms with Crippen LogP contribution in [0.4, 0.5) is 0 Å². The van der Waals surface area contributed by atoms with Crippen molar-refractivity contribution in [2.75, 3.05) is 0 Å². The van der Waals surface area contributed by atoms with E-state index >= 15 is 0 Å². The summed E-state index contributed by atoms with van der Waals surface area (Å²) in [7, 11) is 0. The molecule has 0 spiro atoms. The molecule has 52 valence electrons. The third-order valence-electron chi connectivity index (χ3n) is 0.623. The molecule has 2 atom stereocenters. The fraction of sp³-hybridized carbons (Fsp3) is 0.600. The summed E-state index contributed by atoms with van der Waals surface area (Å²) < 4.78 is 0. The number of alkyl halides is 1. The summed E-state index contributed by atoms with van der Waals surface area (Å²) in [6.45, 7) is 1.78. The number of nitrogens with zero attached hydrogens (tertiary/aromatic N) is 1. The monoisotopic (exact) mass is 191 g/mol. The van der Waals surface area contributed by atoms with Crippen molar-refractivity contribution >= 4 is 28.4 Å². The van der Waals surface area contributed by atoms with E-state index in [4.69, 9.17) is 11.1 Å². The molecule has 9 heavy (non-hydrogen) atoms. The van der Waals surface area contributed by atoms with Crippen LogP contribution in [0.5, 0.6) is 0 Å². The normalized spacial score (nSPS) is 17.7. The Hall–Kier alpha value is -0.220. The van der Waals surface area contributed by atoms with E-state index in [2.05, 4.69) is 20.9 Å². The van der Waals surface area contributed by atoms with Crippen LogP contribution < -0.4 is 5.73 Å². The van der Waals surface area contributed by atoms with Gasteiger partial charge in [-0.15, -0.1) is 0 Å². The zero-order chi connectivity index (χ0) is 7.28. The van der Waals surface area contributed by atoms with Gasteiger partial charge in [-0.3, -0.25) is 4.99 Å². The predicted molar refractivity (Wildman–Crippen MR) is 43.6 cm³/mol. The van der Waals surface area contributed by atoms with Gasteiger partial charge in [0.15, 0.2) is 0 Å². The van der Waals surface area contributed by atoms with E-state index in [1.165, 1.54) is 6.21 Å². The summed E-state index contributed by atoms with van der Waals surface area (Å²) in [6, 6.07) is 0. The molecule has 0 aromatic heterocycles. The number of nitrogens with two attached hydrogens (primary N) is 1. The number of nitrogens with one attached hydrogen (secondary N) is 1. The van der Waals surface area contributed by atoms with Crippen molar-refractivity contribution < 1.29 is 0 Å². The van der Waals surface area contributed by atoms with Crippen LogP contribution in [0.15, 0.2) is 4.99 Å². The number of halogens is 1. The van der Waals surface area contributed by atoms with E-state index in [-0.39, 0.29) is 11.0 Å².